The Kier molecular flexibility index (Phi) is 5.78. The number of hydrogen-bond donors (Lipinski definition) is 5. The smallest absolute Gasteiger partial charge is 0.280 e. The standard InChI is InChI=1S/C18H25N5O7/c1-3-5-10(25)17(29)13(27)9(7-24)30-18(17,11(26)6-4-2)23-8-20-12-14(23)21-16(19)22-15(12)28/h8-9,13,24,27,29H,3-7H2,1-2H3,(H3,19,21,22,28)/t9-,13-,17-,18-/m1/s1. The summed E-state index contributed by atoms with van der Waals surface area (Å²) in [5.41, 5.74) is -0.735. The molecule has 4 atom stereocenters. The Hall–Kier alpha value is -2.67. The van der Waals surface area contributed by atoms with Crippen molar-refractivity contribution < 1.29 is 29.6 Å². The van der Waals surface area contributed by atoms with Crippen LogP contribution in [0.3, 0.4) is 0 Å². The van der Waals surface area contributed by atoms with Crippen molar-refractivity contribution in [1.29, 1.82) is 0 Å². The van der Waals surface area contributed by atoms with Crippen molar-refractivity contribution in [2.24, 2.45) is 0 Å². The lowest BCUT2D eigenvalue weighted by Crippen LogP contribution is -2.66. The highest BCUT2D eigenvalue weighted by molar-refractivity contribution is 5.99. The number of aromatic amines is 1. The van der Waals surface area contributed by atoms with Crippen LogP contribution >= 0.6 is 0 Å². The zero-order chi connectivity index (χ0) is 22.3. The van der Waals surface area contributed by atoms with E-state index >= 15 is 0 Å². The van der Waals surface area contributed by atoms with Gasteiger partial charge in [-0.25, -0.2) is 4.98 Å². The van der Waals surface area contributed by atoms with E-state index in [0.717, 1.165) is 10.9 Å². The number of Topliss-reactive ketones (excluding diaryl/α,β-unsaturated/α-hetero) is 2. The summed E-state index contributed by atoms with van der Waals surface area (Å²) in [6.07, 6.45) is -1.98. The number of fused-ring (bicyclic) bond motifs is 1. The van der Waals surface area contributed by atoms with Crippen molar-refractivity contribution >= 4 is 28.7 Å². The van der Waals surface area contributed by atoms with Gasteiger partial charge in [0.2, 0.25) is 17.3 Å². The molecule has 3 rings (SSSR count). The van der Waals surface area contributed by atoms with Gasteiger partial charge in [0.25, 0.3) is 5.56 Å². The number of nitrogens with one attached hydrogen (secondary N) is 1. The van der Waals surface area contributed by atoms with E-state index in [4.69, 9.17) is 10.5 Å². The number of anilines is 1. The van der Waals surface area contributed by atoms with Gasteiger partial charge in [-0.2, -0.15) is 4.98 Å². The highest BCUT2D eigenvalue weighted by atomic mass is 16.6. The molecule has 0 unspecified atom stereocenters. The summed E-state index contributed by atoms with van der Waals surface area (Å²) >= 11 is 0. The molecule has 2 aromatic rings. The summed E-state index contributed by atoms with van der Waals surface area (Å²) < 4.78 is 6.71. The van der Waals surface area contributed by atoms with Crippen LogP contribution in [0.4, 0.5) is 5.95 Å². The molecule has 1 fully saturated rings. The largest absolute Gasteiger partial charge is 0.394 e. The number of nitrogens with zero attached hydrogens (tertiary/aromatic N) is 3. The Labute approximate surface area is 170 Å². The van der Waals surface area contributed by atoms with Gasteiger partial charge >= 0.3 is 0 Å². The van der Waals surface area contributed by atoms with E-state index in [0.29, 0.717) is 12.8 Å². The number of aliphatic hydroxyl groups is 3. The summed E-state index contributed by atoms with van der Waals surface area (Å²) in [5, 5.41) is 32.1. The summed E-state index contributed by atoms with van der Waals surface area (Å²) in [5.74, 6) is -1.88. The number of aromatic nitrogens is 4. The maximum absolute atomic E-state index is 13.4. The topological polar surface area (TPSA) is 194 Å². The normalized spacial score (nSPS) is 28.8. The van der Waals surface area contributed by atoms with Gasteiger partial charge in [-0.1, -0.05) is 13.8 Å². The summed E-state index contributed by atoms with van der Waals surface area (Å²) in [4.78, 5) is 48.9. The second-order valence-corrected chi connectivity index (χ2v) is 7.28. The number of rotatable bonds is 8. The Morgan fingerprint density at radius 3 is 2.53 bits per heavy atom. The maximum Gasteiger partial charge on any atom is 0.280 e. The quantitative estimate of drug-likeness (QED) is 0.336. The SMILES string of the molecule is CCCC(=O)[C@@]1(O)[C@H](O)[C@@H](CO)O[C@@]1(C(=O)CCC)n1cnc2c(=O)[nH]c(N)nc21. The molecule has 3 heterocycles. The number of carbonyl (C=O) groups excluding carboxylic acids is 2. The van der Waals surface area contributed by atoms with E-state index in [9.17, 15) is 29.7 Å². The third kappa shape index (κ3) is 2.87. The van der Waals surface area contributed by atoms with Crippen LogP contribution in [0.5, 0.6) is 0 Å². The van der Waals surface area contributed by atoms with Gasteiger partial charge in [0.05, 0.1) is 6.61 Å². The van der Waals surface area contributed by atoms with E-state index in [2.05, 4.69) is 15.0 Å². The van der Waals surface area contributed by atoms with Crippen molar-refractivity contribution in [1.82, 2.24) is 19.5 Å². The number of ether oxygens (including phenoxy) is 1. The van der Waals surface area contributed by atoms with Crippen LogP contribution in [-0.4, -0.2) is 70.8 Å². The molecule has 0 radical (unpaired) electrons. The molecule has 1 aliphatic rings. The molecule has 0 bridgehead atoms. The average Bonchev–Trinajstić information content (AvgIpc) is 3.21. The van der Waals surface area contributed by atoms with E-state index in [1.807, 2.05) is 0 Å². The van der Waals surface area contributed by atoms with Crippen LogP contribution in [0.1, 0.15) is 39.5 Å². The number of ketones is 2. The second kappa shape index (κ2) is 7.87. The third-order valence-electron chi connectivity index (χ3n) is 5.32. The minimum absolute atomic E-state index is 0.134. The maximum atomic E-state index is 13.4. The molecule has 0 amide bonds. The van der Waals surface area contributed by atoms with Crippen molar-refractivity contribution in [2.45, 2.75) is 63.1 Å². The fraction of sp³-hybridized carbons (Fsp3) is 0.611. The molecule has 0 aliphatic carbocycles. The molecule has 30 heavy (non-hydrogen) atoms. The number of carbonyl (C=O) groups is 2. The van der Waals surface area contributed by atoms with Gasteiger partial charge in [0.15, 0.2) is 22.7 Å². The molecular weight excluding hydrogens is 398 g/mol. The molecular formula is C18H25N5O7. The third-order valence-corrected chi connectivity index (χ3v) is 5.32. The van der Waals surface area contributed by atoms with Crippen LogP contribution in [0.25, 0.3) is 11.2 Å². The number of nitrogens with two attached hydrogens (primary N) is 1. The number of H-pyrrole nitrogens is 1. The molecule has 164 valence electrons. The van der Waals surface area contributed by atoms with Gasteiger partial charge < -0.3 is 25.8 Å². The molecule has 1 aliphatic heterocycles. The first-order chi connectivity index (χ1) is 14.2. The summed E-state index contributed by atoms with van der Waals surface area (Å²) in [7, 11) is 0. The number of aliphatic hydroxyl groups excluding tert-OH is 2. The fourth-order valence-corrected chi connectivity index (χ4v) is 3.96. The molecule has 6 N–H and O–H groups in total. The first-order valence-electron chi connectivity index (χ1n) is 9.67. The van der Waals surface area contributed by atoms with E-state index in [1.165, 1.54) is 0 Å². The van der Waals surface area contributed by atoms with Crippen LogP contribution in [-0.2, 0) is 20.1 Å². The number of imidazole rings is 1. The summed E-state index contributed by atoms with van der Waals surface area (Å²) in [6.45, 7) is 2.63. The lowest BCUT2D eigenvalue weighted by atomic mass is 9.77. The highest BCUT2D eigenvalue weighted by Gasteiger charge is 2.73. The number of nitrogen functional groups attached to an aromatic ring is 1. The van der Waals surface area contributed by atoms with Crippen molar-refractivity contribution in [3.63, 3.8) is 0 Å². The molecule has 12 heteroatoms. The van der Waals surface area contributed by atoms with Crippen molar-refractivity contribution in [3.05, 3.63) is 16.7 Å². The molecule has 2 aromatic heterocycles. The molecule has 12 nitrogen and oxygen atoms in total. The minimum Gasteiger partial charge on any atom is -0.394 e. The zero-order valence-corrected chi connectivity index (χ0v) is 16.7. The molecule has 1 saturated heterocycles. The number of hydrogen-bond acceptors (Lipinski definition) is 10. The predicted molar refractivity (Wildman–Crippen MR) is 103 cm³/mol. The zero-order valence-electron chi connectivity index (χ0n) is 16.7. The van der Waals surface area contributed by atoms with Crippen LogP contribution in [0, 0.1) is 0 Å². The van der Waals surface area contributed by atoms with Crippen LogP contribution in [0.2, 0.25) is 0 Å². The van der Waals surface area contributed by atoms with Gasteiger partial charge in [-0.15, -0.1) is 0 Å². The molecule has 0 spiro atoms. The van der Waals surface area contributed by atoms with Gasteiger partial charge in [0, 0.05) is 12.8 Å². The van der Waals surface area contributed by atoms with Gasteiger partial charge in [0.1, 0.15) is 18.5 Å². The van der Waals surface area contributed by atoms with Gasteiger partial charge in [-0.3, -0.25) is 23.9 Å². The van der Waals surface area contributed by atoms with Crippen LogP contribution in [0.15, 0.2) is 11.1 Å². The monoisotopic (exact) mass is 423 g/mol. The summed E-state index contributed by atoms with van der Waals surface area (Å²) in [6, 6.07) is 0. The Morgan fingerprint density at radius 2 is 1.93 bits per heavy atom. The first-order valence-corrected chi connectivity index (χ1v) is 9.67. The molecule has 0 aromatic carbocycles. The van der Waals surface area contributed by atoms with E-state index < -0.39 is 47.3 Å². The lowest BCUT2D eigenvalue weighted by Gasteiger charge is -2.40. The van der Waals surface area contributed by atoms with Crippen molar-refractivity contribution in [3.8, 4) is 0 Å². The predicted octanol–water partition coefficient (Wildman–Crippen LogP) is -1.42. The Morgan fingerprint density at radius 1 is 1.30 bits per heavy atom. The fourth-order valence-electron chi connectivity index (χ4n) is 3.96. The molecule has 0 saturated carbocycles. The first kappa shape index (κ1) is 22.0. The minimum atomic E-state index is -2.75. The lowest BCUT2D eigenvalue weighted by molar-refractivity contribution is -0.201. The van der Waals surface area contributed by atoms with Crippen molar-refractivity contribution in [2.75, 3.05) is 12.3 Å². The Bertz CT molecular complexity index is 1030. The van der Waals surface area contributed by atoms with E-state index in [1.54, 1.807) is 13.8 Å². The van der Waals surface area contributed by atoms with Gasteiger partial charge in [-0.05, 0) is 12.8 Å². The average molecular weight is 423 g/mol. The van der Waals surface area contributed by atoms with E-state index in [-0.39, 0.29) is 30.0 Å². The Balaban J connectivity index is 2.41. The van der Waals surface area contributed by atoms with Crippen LogP contribution < -0.4 is 11.3 Å². The second-order valence-electron chi connectivity index (χ2n) is 7.28. The highest BCUT2D eigenvalue weighted by Crippen LogP contribution is 2.47.